The summed E-state index contributed by atoms with van der Waals surface area (Å²) in [4.78, 5) is 16.0. The van der Waals surface area contributed by atoms with Crippen LogP contribution in [-0.4, -0.2) is 41.8 Å². The second-order valence-corrected chi connectivity index (χ2v) is 8.30. The third-order valence-corrected chi connectivity index (χ3v) is 6.34. The average molecular weight is 432 g/mol. The average Bonchev–Trinajstić information content (AvgIpc) is 3.44. The molecule has 0 radical (unpaired) electrons. The van der Waals surface area contributed by atoms with Crippen molar-refractivity contribution in [2.75, 3.05) is 20.0 Å². The zero-order chi connectivity index (χ0) is 21.4. The van der Waals surface area contributed by atoms with Crippen molar-refractivity contribution in [2.45, 2.75) is 12.5 Å². The van der Waals surface area contributed by atoms with Gasteiger partial charge >= 0.3 is 5.24 Å². The summed E-state index contributed by atoms with van der Waals surface area (Å²) in [5.41, 5.74) is 3.08. The largest absolute Gasteiger partial charge is 0.493 e. The lowest BCUT2D eigenvalue weighted by Gasteiger charge is -2.23. The van der Waals surface area contributed by atoms with E-state index in [0.717, 1.165) is 16.8 Å². The summed E-state index contributed by atoms with van der Waals surface area (Å²) in [7, 11) is 3.25. The summed E-state index contributed by atoms with van der Waals surface area (Å²) in [6.07, 6.45) is 0.700. The molecular weight excluding hydrogens is 410 g/mol. The Morgan fingerprint density at radius 1 is 0.968 bits per heavy atom. The molecule has 0 saturated carbocycles. The van der Waals surface area contributed by atoms with Crippen molar-refractivity contribution in [1.82, 2.24) is 5.01 Å². The first-order valence-electron chi connectivity index (χ1n) is 9.98. The van der Waals surface area contributed by atoms with Crippen LogP contribution >= 0.6 is 11.8 Å². The second-order valence-electron chi connectivity index (χ2n) is 7.37. The highest BCUT2D eigenvalue weighted by atomic mass is 32.2. The lowest BCUT2D eigenvalue weighted by Crippen LogP contribution is -2.27. The van der Waals surface area contributed by atoms with Crippen LogP contribution in [0.4, 0.5) is 4.79 Å². The van der Waals surface area contributed by atoms with Gasteiger partial charge in [-0.15, -0.1) is 0 Å². The molecular formula is C24H21N3O3S. The second kappa shape index (κ2) is 8.07. The van der Waals surface area contributed by atoms with Crippen molar-refractivity contribution in [2.24, 2.45) is 10.1 Å². The highest BCUT2D eigenvalue weighted by molar-refractivity contribution is 8.14. The number of hydrogen-bond acceptors (Lipinski definition) is 6. The van der Waals surface area contributed by atoms with Crippen molar-refractivity contribution in [3.05, 3.63) is 71.8 Å². The number of rotatable bonds is 4. The van der Waals surface area contributed by atoms with Crippen molar-refractivity contribution in [3.63, 3.8) is 0 Å². The van der Waals surface area contributed by atoms with Gasteiger partial charge in [-0.1, -0.05) is 54.2 Å². The molecule has 0 aromatic heterocycles. The van der Waals surface area contributed by atoms with Gasteiger partial charge < -0.3 is 9.47 Å². The molecule has 0 fully saturated rings. The third kappa shape index (κ3) is 3.65. The number of nitrogens with zero attached hydrogens (tertiary/aromatic N) is 3. The molecule has 3 aromatic carbocycles. The molecule has 6 nitrogen and oxygen atoms in total. The van der Waals surface area contributed by atoms with Crippen LogP contribution in [0.2, 0.25) is 0 Å². The molecule has 7 heteroatoms. The molecule has 2 aliphatic heterocycles. The highest BCUT2D eigenvalue weighted by Crippen LogP contribution is 2.39. The number of amidine groups is 1. The predicted molar refractivity (Wildman–Crippen MR) is 125 cm³/mol. The minimum atomic E-state index is -0.171. The number of carbonyl (C=O) groups excluding carboxylic acids is 1. The van der Waals surface area contributed by atoms with Gasteiger partial charge in [-0.05, 0) is 40.1 Å². The highest BCUT2D eigenvalue weighted by Gasteiger charge is 2.34. The Bertz CT molecular complexity index is 1240. The maximum absolute atomic E-state index is 11.8. The number of carbonyl (C=O) groups is 1. The molecule has 3 aromatic rings. The summed E-state index contributed by atoms with van der Waals surface area (Å²) in [5, 5.41) is 9.01. The van der Waals surface area contributed by atoms with Crippen LogP contribution < -0.4 is 9.47 Å². The van der Waals surface area contributed by atoms with E-state index in [1.54, 1.807) is 14.2 Å². The molecule has 0 bridgehead atoms. The van der Waals surface area contributed by atoms with E-state index in [2.05, 4.69) is 35.3 Å². The van der Waals surface area contributed by atoms with E-state index < -0.39 is 0 Å². The van der Waals surface area contributed by atoms with Crippen LogP contribution in [0.5, 0.6) is 11.5 Å². The molecule has 156 valence electrons. The van der Waals surface area contributed by atoms with E-state index in [1.165, 1.54) is 22.5 Å². The Kier molecular flexibility index (Phi) is 5.11. The number of fused-ring (bicyclic) bond motifs is 1. The van der Waals surface area contributed by atoms with Gasteiger partial charge in [0, 0.05) is 6.42 Å². The van der Waals surface area contributed by atoms with Crippen molar-refractivity contribution in [1.29, 1.82) is 0 Å². The van der Waals surface area contributed by atoms with Gasteiger partial charge in [0.1, 0.15) is 5.84 Å². The molecule has 2 heterocycles. The van der Waals surface area contributed by atoms with E-state index in [-0.39, 0.29) is 11.3 Å². The van der Waals surface area contributed by atoms with Crippen LogP contribution in [-0.2, 0) is 0 Å². The summed E-state index contributed by atoms with van der Waals surface area (Å²) < 4.78 is 10.9. The molecule has 0 N–H and O–H groups in total. The van der Waals surface area contributed by atoms with Crippen LogP contribution in [0, 0.1) is 0 Å². The quantitative estimate of drug-likeness (QED) is 0.563. The van der Waals surface area contributed by atoms with Crippen LogP contribution in [0.25, 0.3) is 10.8 Å². The van der Waals surface area contributed by atoms with E-state index in [9.17, 15) is 4.79 Å². The Hall–Kier alpha value is -3.32. The van der Waals surface area contributed by atoms with E-state index in [1.807, 2.05) is 35.3 Å². The first kappa shape index (κ1) is 19.6. The molecule has 2 aliphatic rings. The van der Waals surface area contributed by atoms with Gasteiger partial charge in [-0.2, -0.15) is 10.1 Å². The molecule has 1 amide bonds. The van der Waals surface area contributed by atoms with Gasteiger partial charge in [-0.3, -0.25) is 4.79 Å². The Labute approximate surface area is 184 Å². The monoisotopic (exact) mass is 431 g/mol. The van der Waals surface area contributed by atoms with Crippen LogP contribution in [0.15, 0.2) is 70.8 Å². The number of aliphatic imine (C=N–C) groups is 1. The van der Waals surface area contributed by atoms with Crippen LogP contribution in [0.1, 0.15) is 23.6 Å². The summed E-state index contributed by atoms with van der Waals surface area (Å²) in [6, 6.07) is 20.5. The van der Waals surface area contributed by atoms with Crippen molar-refractivity contribution >= 4 is 39.3 Å². The van der Waals surface area contributed by atoms with Gasteiger partial charge in [-0.25, -0.2) is 5.01 Å². The summed E-state index contributed by atoms with van der Waals surface area (Å²) in [6.45, 7) is 0. The lowest BCUT2D eigenvalue weighted by molar-refractivity contribution is 0.267. The third-order valence-electron chi connectivity index (χ3n) is 5.59. The Balaban J connectivity index is 1.55. The Morgan fingerprint density at radius 3 is 2.52 bits per heavy atom. The van der Waals surface area contributed by atoms with Gasteiger partial charge in [0.05, 0.1) is 31.7 Å². The summed E-state index contributed by atoms with van der Waals surface area (Å²) in [5.74, 6) is 2.55. The molecule has 0 spiro atoms. The van der Waals surface area contributed by atoms with Crippen molar-refractivity contribution in [3.8, 4) is 11.5 Å². The first-order valence-corrected chi connectivity index (χ1v) is 11.0. The first-order chi connectivity index (χ1) is 15.2. The maximum Gasteiger partial charge on any atom is 0.307 e. The van der Waals surface area contributed by atoms with Gasteiger partial charge in [0.15, 0.2) is 11.5 Å². The Morgan fingerprint density at radius 2 is 1.77 bits per heavy atom. The topological polar surface area (TPSA) is 63.5 Å². The molecule has 31 heavy (non-hydrogen) atoms. The number of hydrazone groups is 1. The van der Waals surface area contributed by atoms with Gasteiger partial charge in [0.2, 0.25) is 0 Å². The fraction of sp³-hybridized carbons (Fsp3) is 0.208. The molecule has 1 unspecified atom stereocenters. The minimum Gasteiger partial charge on any atom is -0.493 e. The number of benzene rings is 3. The van der Waals surface area contributed by atoms with E-state index >= 15 is 0 Å². The fourth-order valence-corrected chi connectivity index (χ4v) is 4.64. The molecule has 0 aliphatic carbocycles. The lowest BCUT2D eigenvalue weighted by atomic mass is 9.96. The van der Waals surface area contributed by atoms with E-state index in [4.69, 9.17) is 14.6 Å². The number of hydrogen-bond donors (Lipinski definition) is 0. The standard InChI is InChI=1S/C24H21N3O3S/c1-29-21-10-9-18(12-22(21)30-2)20-13-19(26-27(20)23-14-31-24(28)25-23)17-8-7-15-5-3-4-6-16(15)11-17/h3-12,20H,13-14H2,1-2H3. The van der Waals surface area contributed by atoms with E-state index in [0.29, 0.717) is 29.5 Å². The number of methoxy groups -OCH3 is 2. The smallest absolute Gasteiger partial charge is 0.307 e. The van der Waals surface area contributed by atoms with Crippen LogP contribution in [0.3, 0.4) is 0 Å². The molecule has 1 atom stereocenters. The van der Waals surface area contributed by atoms with Crippen molar-refractivity contribution < 1.29 is 14.3 Å². The molecule has 0 saturated heterocycles. The normalized spacial score (nSPS) is 18.3. The number of amides is 1. The number of thioether (sulfide) groups is 1. The zero-order valence-electron chi connectivity index (χ0n) is 17.2. The summed E-state index contributed by atoms with van der Waals surface area (Å²) >= 11 is 1.20. The predicted octanol–water partition coefficient (Wildman–Crippen LogP) is 5.27. The zero-order valence-corrected chi connectivity index (χ0v) is 18.1. The minimum absolute atomic E-state index is 0.0773. The van der Waals surface area contributed by atoms with Gasteiger partial charge in [0.25, 0.3) is 0 Å². The molecule has 5 rings (SSSR count). The number of ether oxygens (including phenoxy) is 2. The maximum atomic E-state index is 11.8. The SMILES string of the molecule is COc1ccc(C2CC(c3ccc4ccccc4c3)=NN2C2=NC(=O)SC2)cc1OC. The fourth-order valence-electron chi connectivity index (χ4n) is 4.02.